The van der Waals surface area contributed by atoms with E-state index in [-0.39, 0.29) is 18.1 Å². The van der Waals surface area contributed by atoms with Gasteiger partial charge in [0.2, 0.25) is 0 Å². The molecule has 0 aliphatic rings. The second-order valence-corrected chi connectivity index (χ2v) is 8.24. The van der Waals surface area contributed by atoms with Crippen molar-refractivity contribution in [1.82, 2.24) is 9.97 Å². The fourth-order valence-electron chi connectivity index (χ4n) is 3.36. The number of carbonyl (C=O) groups excluding carboxylic acids is 1. The van der Waals surface area contributed by atoms with Crippen molar-refractivity contribution in [3.05, 3.63) is 82.3 Å². The molecule has 7 nitrogen and oxygen atoms in total. The predicted molar refractivity (Wildman–Crippen MR) is 135 cm³/mol. The Balaban J connectivity index is 1.58. The van der Waals surface area contributed by atoms with Crippen LogP contribution in [0.25, 0.3) is 22.7 Å². The van der Waals surface area contributed by atoms with Crippen molar-refractivity contribution >= 4 is 50.2 Å². The molecule has 1 amide bonds. The molecule has 0 fully saturated rings. The molecule has 0 spiro atoms. The summed E-state index contributed by atoms with van der Waals surface area (Å²) in [6, 6.07) is 18.8. The minimum atomic E-state index is -0.395. The highest BCUT2D eigenvalue weighted by atomic mass is 79.9. The molecule has 0 saturated heterocycles. The zero-order chi connectivity index (χ0) is 24.8. The second kappa shape index (κ2) is 10.8. The number of ether oxygens (including phenoxy) is 2. The monoisotopic (exact) mass is 534 g/mol. The molecule has 2 N–H and O–H groups in total. The molecular weight excluding hydrogens is 515 g/mol. The van der Waals surface area contributed by atoms with Gasteiger partial charge in [-0.2, -0.15) is 5.26 Å². The molecule has 176 valence electrons. The van der Waals surface area contributed by atoms with Gasteiger partial charge in [-0.05, 0) is 77.0 Å². The highest BCUT2D eigenvalue weighted by Crippen LogP contribution is 2.38. The maximum Gasteiger partial charge on any atom is 0.262 e. The number of aromatic amines is 1. The number of nitrogens with one attached hydrogen (secondary N) is 2. The lowest BCUT2D eigenvalue weighted by Crippen LogP contribution is -2.20. The largest absolute Gasteiger partial charge is 0.490 e. The number of hydrogen-bond donors (Lipinski definition) is 2. The molecule has 0 radical (unpaired) electrons. The number of amides is 1. The van der Waals surface area contributed by atoms with E-state index in [1.54, 1.807) is 36.4 Å². The van der Waals surface area contributed by atoms with Crippen molar-refractivity contribution in [3.63, 3.8) is 0 Å². The molecule has 0 aliphatic heterocycles. The average molecular weight is 535 g/mol. The van der Waals surface area contributed by atoms with Gasteiger partial charge in [-0.25, -0.2) is 9.37 Å². The van der Waals surface area contributed by atoms with E-state index in [0.717, 1.165) is 0 Å². The Labute approximate surface area is 209 Å². The van der Waals surface area contributed by atoms with Gasteiger partial charge in [0.15, 0.2) is 18.1 Å². The summed E-state index contributed by atoms with van der Waals surface area (Å²) in [7, 11) is 0. The van der Waals surface area contributed by atoms with Gasteiger partial charge >= 0.3 is 0 Å². The maximum atomic E-state index is 13.5. The molecule has 4 rings (SSSR count). The Morgan fingerprint density at radius 2 is 2.00 bits per heavy atom. The van der Waals surface area contributed by atoms with Gasteiger partial charge in [-0.1, -0.05) is 18.2 Å². The Bertz CT molecular complexity index is 1440. The second-order valence-electron chi connectivity index (χ2n) is 7.38. The van der Waals surface area contributed by atoms with Crippen LogP contribution in [0.2, 0.25) is 0 Å². The molecular formula is C26H20BrFN4O3. The van der Waals surface area contributed by atoms with Crippen molar-refractivity contribution in [3.8, 4) is 17.6 Å². The molecule has 3 aromatic carbocycles. The number of carbonyl (C=O) groups is 1. The normalized spacial score (nSPS) is 11.2. The Morgan fingerprint density at radius 1 is 1.20 bits per heavy atom. The zero-order valence-electron chi connectivity index (χ0n) is 18.6. The molecule has 1 aromatic heterocycles. The van der Waals surface area contributed by atoms with Gasteiger partial charge in [0, 0.05) is 5.69 Å². The van der Waals surface area contributed by atoms with E-state index in [4.69, 9.17) is 9.47 Å². The van der Waals surface area contributed by atoms with Gasteiger partial charge in [0.05, 0.1) is 27.7 Å². The Morgan fingerprint density at radius 3 is 2.74 bits per heavy atom. The molecule has 1 heterocycles. The van der Waals surface area contributed by atoms with E-state index < -0.39 is 5.82 Å². The zero-order valence-corrected chi connectivity index (χ0v) is 20.2. The maximum absolute atomic E-state index is 13.5. The lowest BCUT2D eigenvalue weighted by atomic mass is 10.1. The molecule has 0 atom stereocenters. The van der Waals surface area contributed by atoms with Crippen molar-refractivity contribution < 1.29 is 18.7 Å². The number of allylic oxidation sites excluding steroid dienone is 1. The summed E-state index contributed by atoms with van der Waals surface area (Å²) >= 11 is 3.48. The molecule has 9 heteroatoms. The van der Waals surface area contributed by atoms with Crippen LogP contribution >= 0.6 is 15.9 Å². The van der Waals surface area contributed by atoms with Crippen LogP contribution in [0.1, 0.15) is 18.3 Å². The minimum Gasteiger partial charge on any atom is -0.490 e. The first-order chi connectivity index (χ1) is 17.0. The van der Waals surface area contributed by atoms with Crippen molar-refractivity contribution in [2.24, 2.45) is 0 Å². The third-order valence-corrected chi connectivity index (χ3v) is 5.46. The lowest BCUT2D eigenvalue weighted by Gasteiger charge is -2.15. The first kappa shape index (κ1) is 24.0. The average Bonchev–Trinajstić information content (AvgIpc) is 3.26. The van der Waals surface area contributed by atoms with Crippen LogP contribution in [0.3, 0.4) is 0 Å². The summed E-state index contributed by atoms with van der Waals surface area (Å²) in [5.74, 6) is 0.380. The van der Waals surface area contributed by atoms with E-state index in [1.807, 2.05) is 25.1 Å². The van der Waals surface area contributed by atoms with Crippen LogP contribution < -0.4 is 14.8 Å². The quantitative estimate of drug-likeness (QED) is 0.272. The van der Waals surface area contributed by atoms with Crippen LogP contribution in [0.15, 0.2) is 65.1 Å². The number of benzene rings is 3. The van der Waals surface area contributed by atoms with Gasteiger partial charge in [-0.15, -0.1) is 0 Å². The van der Waals surface area contributed by atoms with Crippen molar-refractivity contribution in [2.45, 2.75) is 6.92 Å². The SMILES string of the molecule is CCOc1cc(/C=C(/C#N)c2nc3ccc(F)cc3[nH]2)cc(Br)c1OCC(=O)Nc1ccccc1. The van der Waals surface area contributed by atoms with E-state index in [1.165, 1.54) is 12.1 Å². The standard InChI is InChI=1S/C26H20BrFN4O3/c1-2-34-23-12-16(10-17(14-29)26-31-21-9-8-18(28)13-22(21)32-26)11-20(27)25(23)35-15-24(33)30-19-6-4-3-5-7-19/h3-13H,2,15H2,1H3,(H,30,33)(H,31,32)/b17-10-. The molecule has 0 aliphatic carbocycles. The summed E-state index contributed by atoms with van der Waals surface area (Å²) in [6.07, 6.45) is 1.63. The first-order valence-electron chi connectivity index (χ1n) is 10.7. The number of nitriles is 1. The topological polar surface area (TPSA) is 100 Å². The summed E-state index contributed by atoms with van der Waals surface area (Å²) in [5.41, 5.74) is 2.62. The minimum absolute atomic E-state index is 0.220. The van der Waals surface area contributed by atoms with E-state index in [9.17, 15) is 14.4 Å². The van der Waals surface area contributed by atoms with E-state index in [0.29, 0.717) is 50.7 Å². The molecule has 0 saturated carbocycles. The van der Waals surface area contributed by atoms with Crippen molar-refractivity contribution in [1.29, 1.82) is 5.26 Å². The van der Waals surface area contributed by atoms with Gasteiger partial charge in [-0.3, -0.25) is 4.79 Å². The van der Waals surface area contributed by atoms with Crippen LogP contribution in [-0.2, 0) is 4.79 Å². The number of nitrogens with zero attached hydrogens (tertiary/aromatic N) is 2. The van der Waals surface area contributed by atoms with Gasteiger partial charge in [0.25, 0.3) is 5.91 Å². The number of rotatable bonds is 8. The summed E-state index contributed by atoms with van der Waals surface area (Å²) in [4.78, 5) is 19.6. The number of halogens is 2. The number of anilines is 1. The predicted octanol–water partition coefficient (Wildman–Crippen LogP) is 5.94. The van der Waals surface area contributed by atoms with Crippen LogP contribution in [0, 0.1) is 17.1 Å². The summed E-state index contributed by atoms with van der Waals surface area (Å²) < 4.78 is 25.5. The van der Waals surface area contributed by atoms with Gasteiger partial charge in [0.1, 0.15) is 17.7 Å². The Hall–Kier alpha value is -4.16. The molecule has 35 heavy (non-hydrogen) atoms. The summed E-state index contributed by atoms with van der Waals surface area (Å²) in [6.45, 7) is 1.98. The van der Waals surface area contributed by atoms with Crippen LogP contribution in [-0.4, -0.2) is 29.1 Å². The van der Waals surface area contributed by atoms with E-state index >= 15 is 0 Å². The smallest absolute Gasteiger partial charge is 0.262 e. The summed E-state index contributed by atoms with van der Waals surface area (Å²) in [5, 5.41) is 12.5. The number of fused-ring (bicyclic) bond motifs is 1. The first-order valence-corrected chi connectivity index (χ1v) is 11.5. The number of para-hydroxylation sites is 1. The molecule has 0 unspecified atom stereocenters. The fourth-order valence-corrected chi connectivity index (χ4v) is 3.93. The third kappa shape index (κ3) is 5.86. The number of aromatic nitrogens is 2. The number of hydrogen-bond acceptors (Lipinski definition) is 5. The number of imidazole rings is 1. The third-order valence-electron chi connectivity index (χ3n) is 4.87. The van der Waals surface area contributed by atoms with E-state index in [2.05, 4.69) is 37.3 Å². The van der Waals surface area contributed by atoms with Crippen molar-refractivity contribution in [2.75, 3.05) is 18.5 Å². The Kier molecular flexibility index (Phi) is 7.43. The lowest BCUT2D eigenvalue weighted by molar-refractivity contribution is -0.118. The van der Waals surface area contributed by atoms with Crippen LogP contribution in [0.4, 0.5) is 10.1 Å². The highest BCUT2D eigenvalue weighted by molar-refractivity contribution is 9.10. The van der Waals surface area contributed by atoms with Gasteiger partial charge < -0.3 is 19.8 Å². The highest BCUT2D eigenvalue weighted by Gasteiger charge is 2.15. The number of H-pyrrole nitrogens is 1. The molecule has 4 aromatic rings. The fraction of sp³-hybridized carbons (Fsp3) is 0.115. The molecule has 0 bridgehead atoms. The van der Waals surface area contributed by atoms with Crippen LogP contribution in [0.5, 0.6) is 11.5 Å².